The Morgan fingerprint density at radius 2 is 1.78 bits per heavy atom. The number of halogens is 4. The van der Waals surface area contributed by atoms with Crippen LogP contribution < -0.4 is 0 Å². The van der Waals surface area contributed by atoms with E-state index in [-0.39, 0.29) is 6.61 Å². The van der Waals surface area contributed by atoms with Crippen LogP contribution in [0.1, 0.15) is 29.2 Å². The zero-order valence-electron chi connectivity index (χ0n) is 12.4. The average Bonchev–Trinajstić information content (AvgIpc) is 2.54. The number of hydrogen-bond donors (Lipinski definition) is 0. The van der Waals surface area contributed by atoms with Crippen LogP contribution in [0.4, 0.5) is 13.2 Å². The van der Waals surface area contributed by atoms with Gasteiger partial charge in [0.15, 0.2) is 0 Å². The normalized spacial score (nSPS) is 12.3. The molecule has 122 valence electrons. The van der Waals surface area contributed by atoms with Gasteiger partial charge in [-0.25, -0.2) is 0 Å². The van der Waals surface area contributed by atoms with Crippen LogP contribution in [-0.4, -0.2) is 5.71 Å². The molecule has 0 unspecified atom stereocenters. The monoisotopic (exact) mass is 341 g/mol. The van der Waals surface area contributed by atoms with Crippen molar-refractivity contribution in [3.05, 3.63) is 70.8 Å². The minimum Gasteiger partial charge on any atom is -0.391 e. The van der Waals surface area contributed by atoms with E-state index in [2.05, 4.69) is 5.16 Å². The average molecular weight is 342 g/mol. The van der Waals surface area contributed by atoms with Gasteiger partial charge in [0.1, 0.15) is 6.61 Å². The van der Waals surface area contributed by atoms with Gasteiger partial charge >= 0.3 is 6.18 Å². The summed E-state index contributed by atoms with van der Waals surface area (Å²) in [6.45, 7) is 1.81. The zero-order valence-corrected chi connectivity index (χ0v) is 13.2. The minimum absolute atomic E-state index is 0.208. The number of alkyl halides is 4. The molecule has 2 nitrogen and oxygen atoms in total. The smallest absolute Gasteiger partial charge is 0.391 e. The van der Waals surface area contributed by atoms with Crippen LogP contribution in [-0.2, 0) is 23.5 Å². The third kappa shape index (κ3) is 4.73. The molecule has 0 saturated heterocycles. The Hall–Kier alpha value is -2.01. The lowest BCUT2D eigenvalue weighted by Gasteiger charge is -2.09. The zero-order chi connectivity index (χ0) is 16.9. The van der Waals surface area contributed by atoms with E-state index in [1.165, 1.54) is 6.07 Å². The molecule has 0 atom stereocenters. The van der Waals surface area contributed by atoms with Crippen molar-refractivity contribution in [3.63, 3.8) is 0 Å². The second-order valence-electron chi connectivity index (χ2n) is 4.93. The Balaban J connectivity index is 2.09. The van der Waals surface area contributed by atoms with Gasteiger partial charge in [-0.1, -0.05) is 41.6 Å². The maximum atomic E-state index is 12.7. The summed E-state index contributed by atoms with van der Waals surface area (Å²) >= 11 is 5.83. The van der Waals surface area contributed by atoms with Crippen molar-refractivity contribution in [1.82, 2.24) is 0 Å². The van der Waals surface area contributed by atoms with Crippen molar-refractivity contribution in [2.24, 2.45) is 5.16 Å². The molecule has 6 heteroatoms. The molecule has 0 heterocycles. The molecule has 0 aliphatic rings. The van der Waals surface area contributed by atoms with Crippen molar-refractivity contribution < 1.29 is 18.0 Å². The van der Waals surface area contributed by atoms with Gasteiger partial charge in [-0.3, -0.25) is 0 Å². The van der Waals surface area contributed by atoms with Crippen LogP contribution in [0.3, 0.4) is 0 Å². The van der Waals surface area contributed by atoms with Gasteiger partial charge in [0.05, 0.1) is 11.3 Å². The van der Waals surface area contributed by atoms with Gasteiger partial charge in [0, 0.05) is 5.88 Å². The van der Waals surface area contributed by atoms with E-state index in [9.17, 15) is 13.2 Å². The summed E-state index contributed by atoms with van der Waals surface area (Å²) in [6, 6.07) is 12.5. The number of oxime groups is 1. The molecule has 2 aromatic carbocycles. The highest BCUT2D eigenvalue weighted by Crippen LogP contribution is 2.29. The third-order valence-electron chi connectivity index (χ3n) is 3.29. The van der Waals surface area contributed by atoms with E-state index in [1.54, 1.807) is 13.0 Å². The molecule has 0 spiro atoms. The Morgan fingerprint density at radius 3 is 2.43 bits per heavy atom. The SMILES string of the molecule is C/C(=N\OCc1ccccc1CCl)c1cccc(C(F)(F)F)c1. The van der Waals surface area contributed by atoms with Crippen LogP contribution in [0, 0.1) is 0 Å². The van der Waals surface area contributed by atoms with E-state index >= 15 is 0 Å². The minimum atomic E-state index is -4.38. The van der Waals surface area contributed by atoms with Gasteiger partial charge < -0.3 is 4.84 Å². The topological polar surface area (TPSA) is 21.6 Å². The molecule has 2 aromatic rings. The first-order valence-electron chi connectivity index (χ1n) is 6.88. The summed E-state index contributed by atoms with van der Waals surface area (Å²) < 4.78 is 38.1. The Labute approximate surface area is 137 Å². The molecule has 2 rings (SSSR count). The fraction of sp³-hybridized carbons (Fsp3) is 0.235. The van der Waals surface area contributed by atoms with E-state index in [1.807, 2.05) is 24.3 Å². The van der Waals surface area contributed by atoms with Gasteiger partial charge in [0.25, 0.3) is 0 Å². The predicted molar refractivity (Wildman–Crippen MR) is 84.4 cm³/mol. The van der Waals surface area contributed by atoms with Crippen molar-refractivity contribution in [3.8, 4) is 0 Å². The first-order chi connectivity index (χ1) is 10.9. The first-order valence-corrected chi connectivity index (χ1v) is 7.42. The molecular formula is C17H15ClF3NO. The molecule has 0 saturated carbocycles. The fourth-order valence-corrected chi connectivity index (χ4v) is 2.26. The van der Waals surface area contributed by atoms with Crippen LogP contribution in [0.25, 0.3) is 0 Å². The van der Waals surface area contributed by atoms with Crippen LogP contribution in [0.5, 0.6) is 0 Å². The van der Waals surface area contributed by atoms with E-state index in [0.29, 0.717) is 17.2 Å². The Bertz CT molecular complexity index is 698. The maximum absolute atomic E-state index is 12.7. The van der Waals surface area contributed by atoms with Crippen molar-refractivity contribution in [1.29, 1.82) is 0 Å². The summed E-state index contributed by atoms with van der Waals surface area (Å²) in [6.07, 6.45) is -4.38. The first kappa shape index (κ1) is 17.3. The molecule has 0 aliphatic heterocycles. The van der Waals surface area contributed by atoms with Crippen LogP contribution >= 0.6 is 11.6 Å². The largest absolute Gasteiger partial charge is 0.416 e. The predicted octanol–water partition coefficient (Wildman–Crippen LogP) is 5.39. The highest BCUT2D eigenvalue weighted by Gasteiger charge is 2.30. The molecule has 0 N–H and O–H groups in total. The summed E-state index contributed by atoms with van der Waals surface area (Å²) in [7, 11) is 0. The van der Waals surface area contributed by atoms with Crippen molar-refractivity contribution >= 4 is 17.3 Å². The van der Waals surface area contributed by atoms with Crippen LogP contribution in [0.2, 0.25) is 0 Å². The molecule has 0 bridgehead atoms. The number of hydrogen-bond acceptors (Lipinski definition) is 2. The lowest BCUT2D eigenvalue weighted by atomic mass is 10.1. The summed E-state index contributed by atoms with van der Waals surface area (Å²) in [5.74, 6) is 0.357. The van der Waals surface area contributed by atoms with Gasteiger partial charge in [-0.05, 0) is 35.7 Å². The summed E-state index contributed by atoms with van der Waals surface area (Å²) in [4.78, 5) is 5.25. The number of nitrogens with zero attached hydrogens (tertiary/aromatic N) is 1. The van der Waals surface area contributed by atoms with Gasteiger partial charge in [0.2, 0.25) is 0 Å². The quantitative estimate of drug-likeness (QED) is 0.406. The molecule has 0 radical (unpaired) electrons. The lowest BCUT2D eigenvalue weighted by Crippen LogP contribution is -2.07. The number of rotatable bonds is 5. The molecule has 23 heavy (non-hydrogen) atoms. The van der Waals surface area contributed by atoms with Crippen LogP contribution in [0.15, 0.2) is 53.7 Å². The third-order valence-corrected chi connectivity index (χ3v) is 3.58. The van der Waals surface area contributed by atoms with Gasteiger partial charge in [-0.2, -0.15) is 13.2 Å². The van der Waals surface area contributed by atoms with E-state index < -0.39 is 11.7 Å². The molecular weight excluding hydrogens is 327 g/mol. The standard InChI is InChI=1S/C17H15ClF3NO/c1-12(13-7-4-8-16(9-13)17(19,20)21)22-23-11-15-6-3-2-5-14(15)10-18/h2-9H,10-11H2,1H3/b22-12+. The highest BCUT2D eigenvalue weighted by molar-refractivity contribution is 6.17. The lowest BCUT2D eigenvalue weighted by molar-refractivity contribution is -0.137. The second kappa shape index (κ2) is 7.51. The molecule has 0 amide bonds. The van der Waals surface area contributed by atoms with Crippen molar-refractivity contribution in [2.45, 2.75) is 25.6 Å². The van der Waals surface area contributed by atoms with Crippen molar-refractivity contribution in [2.75, 3.05) is 0 Å². The molecule has 0 fully saturated rings. The van der Waals surface area contributed by atoms with Gasteiger partial charge in [-0.15, -0.1) is 11.6 Å². The highest BCUT2D eigenvalue weighted by atomic mass is 35.5. The molecule has 0 aliphatic carbocycles. The molecule has 0 aromatic heterocycles. The second-order valence-corrected chi connectivity index (χ2v) is 5.20. The summed E-state index contributed by atoms with van der Waals surface area (Å²) in [5, 5.41) is 3.89. The summed E-state index contributed by atoms with van der Waals surface area (Å²) in [5.41, 5.74) is 1.85. The Kier molecular flexibility index (Phi) is 5.66. The Morgan fingerprint density at radius 1 is 1.09 bits per heavy atom. The maximum Gasteiger partial charge on any atom is 0.416 e. The number of benzene rings is 2. The van der Waals surface area contributed by atoms with E-state index in [4.69, 9.17) is 16.4 Å². The van der Waals surface area contributed by atoms with E-state index in [0.717, 1.165) is 23.3 Å². The fourth-order valence-electron chi connectivity index (χ4n) is 2.00.